The third-order valence-corrected chi connectivity index (χ3v) is 3.53. The van der Waals surface area contributed by atoms with Gasteiger partial charge in [0, 0.05) is 37.1 Å². The first-order chi connectivity index (χ1) is 10.2. The molecule has 1 atom stereocenters. The number of methoxy groups -OCH3 is 1. The summed E-state index contributed by atoms with van der Waals surface area (Å²) in [6, 6.07) is 12.1. The third kappa shape index (κ3) is 4.39. The Bertz CT molecular complexity index is 533. The maximum Gasteiger partial charge on any atom is 0.0924 e. The second kappa shape index (κ2) is 7.36. The number of ether oxygens (including phenoxy) is 1. The molecule has 0 bridgehead atoms. The number of nitrogens with one attached hydrogen (secondary N) is 2. The summed E-state index contributed by atoms with van der Waals surface area (Å²) in [6.07, 6.45) is 0.639. The van der Waals surface area contributed by atoms with E-state index in [1.54, 1.807) is 7.11 Å². The first kappa shape index (κ1) is 15.7. The molecule has 0 aliphatic heterocycles. The van der Waals surface area contributed by atoms with Crippen molar-refractivity contribution < 1.29 is 9.84 Å². The number of aliphatic hydroxyl groups excluding tert-OH is 1. The molecule has 2 aromatic rings. The Kier molecular flexibility index (Phi) is 5.50. The van der Waals surface area contributed by atoms with Crippen LogP contribution in [-0.4, -0.2) is 41.2 Å². The van der Waals surface area contributed by atoms with E-state index in [-0.39, 0.29) is 12.1 Å². The van der Waals surface area contributed by atoms with E-state index < -0.39 is 0 Å². The van der Waals surface area contributed by atoms with Crippen molar-refractivity contribution in [1.82, 2.24) is 15.5 Å². The first-order valence-corrected chi connectivity index (χ1v) is 7.11. The van der Waals surface area contributed by atoms with Gasteiger partial charge in [-0.15, -0.1) is 0 Å². The monoisotopic (exact) mass is 289 g/mol. The average molecular weight is 289 g/mol. The molecule has 21 heavy (non-hydrogen) atoms. The summed E-state index contributed by atoms with van der Waals surface area (Å²) in [5, 5.41) is 20.0. The quantitative estimate of drug-likeness (QED) is 0.695. The summed E-state index contributed by atoms with van der Waals surface area (Å²) in [5.74, 6) is 0. The number of benzene rings is 1. The molecule has 1 aromatic heterocycles. The summed E-state index contributed by atoms with van der Waals surface area (Å²) in [7, 11) is 1.67. The van der Waals surface area contributed by atoms with Crippen molar-refractivity contribution in [3.63, 3.8) is 0 Å². The number of hydrogen-bond donors (Lipinski definition) is 3. The summed E-state index contributed by atoms with van der Waals surface area (Å²) in [6.45, 7) is 3.37. The molecule has 0 aliphatic rings. The predicted octanol–water partition coefficient (Wildman–Crippen LogP) is 1.95. The van der Waals surface area contributed by atoms with Gasteiger partial charge in [-0.05, 0) is 19.4 Å². The maximum atomic E-state index is 9.16. The van der Waals surface area contributed by atoms with Gasteiger partial charge in [0.25, 0.3) is 0 Å². The molecule has 0 saturated heterocycles. The van der Waals surface area contributed by atoms with Gasteiger partial charge in [0.1, 0.15) is 0 Å². The van der Waals surface area contributed by atoms with Gasteiger partial charge < -0.3 is 15.2 Å². The second-order valence-electron chi connectivity index (χ2n) is 5.47. The number of aromatic nitrogens is 2. The van der Waals surface area contributed by atoms with Gasteiger partial charge in [0.15, 0.2) is 0 Å². The first-order valence-electron chi connectivity index (χ1n) is 7.11. The van der Waals surface area contributed by atoms with Gasteiger partial charge in [-0.1, -0.05) is 30.3 Å². The van der Waals surface area contributed by atoms with E-state index in [4.69, 9.17) is 9.84 Å². The fourth-order valence-corrected chi connectivity index (χ4v) is 2.29. The van der Waals surface area contributed by atoms with E-state index in [0.717, 1.165) is 17.0 Å². The zero-order valence-electron chi connectivity index (χ0n) is 12.6. The lowest BCUT2D eigenvalue weighted by atomic mass is 9.99. The van der Waals surface area contributed by atoms with Crippen LogP contribution in [0.15, 0.2) is 36.4 Å². The molecule has 114 valence electrons. The minimum atomic E-state index is -0.248. The highest BCUT2D eigenvalue weighted by atomic mass is 16.5. The normalized spacial score (nSPS) is 14.0. The summed E-state index contributed by atoms with van der Waals surface area (Å²) in [5.41, 5.74) is 2.79. The second-order valence-corrected chi connectivity index (χ2v) is 5.47. The molecule has 1 unspecified atom stereocenters. The molecule has 1 aromatic carbocycles. The van der Waals surface area contributed by atoms with Gasteiger partial charge in [-0.3, -0.25) is 5.10 Å². The minimum Gasteiger partial charge on any atom is -0.396 e. The van der Waals surface area contributed by atoms with E-state index in [1.165, 1.54) is 0 Å². The van der Waals surface area contributed by atoms with Gasteiger partial charge in [-0.25, -0.2) is 0 Å². The number of rotatable bonds is 8. The fourth-order valence-electron chi connectivity index (χ4n) is 2.29. The van der Waals surface area contributed by atoms with E-state index in [0.29, 0.717) is 19.6 Å². The molecule has 0 aliphatic carbocycles. The molecule has 2 rings (SSSR count). The Morgan fingerprint density at radius 3 is 2.76 bits per heavy atom. The van der Waals surface area contributed by atoms with Crippen molar-refractivity contribution in [1.29, 1.82) is 0 Å². The number of aromatic amines is 1. The third-order valence-electron chi connectivity index (χ3n) is 3.53. The lowest BCUT2D eigenvalue weighted by molar-refractivity contribution is 0.0967. The largest absolute Gasteiger partial charge is 0.396 e. The SMILES string of the molecule is COCC(C)(CCO)NCc1cc(-c2ccccc2)n[nH]1. The minimum absolute atomic E-state index is 0.130. The molecular formula is C16H23N3O2. The molecule has 0 saturated carbocycles. The Balaban J connectivity index is 1.99. The molecule has 0 fully saturated rings. The molecular weight excluding hydrogens is 266 g/mol. The molecule has 5 heteroatoms. The number of hydrogen-bond acceptors (Lipinski definition) is 4. The predicted molar refractivity (Wildman–Crippen MR) is 82.8 cm³/mol. The van der Waals surface area contributed by atoms with Crippen LogP contribution in [0.3, 0.4) is 0 Å². The highest BCUT2D eigenvalue weighted by Gasteiger charge is 2.23. The van der Waals surface area contributed by atoms with Crippen LogP contribution in [0, 0.1) is 0 Å². The van der Waals surface area contributed by atoms with E-state index in [1.807, 2.05) is 43.3 Å². The molecule has 0 radical (unpaired) electrons. The van der Waals surface area contributed by atoms with Gasteiger partial charge >= 0.3 is 0 Å². The molecule has 5 nitrogen and oxygen atoms in total. The summed E-state index contributed by atoms with van der Waals surface area (Å²) in [4.78, 5) is 0. The molecule has 3 N–H and O–H groups in total. The van der Waals surface area contributed by atoms with Crippen molar-refractivity contribution in [3.8, 4) is 11.3 Å². The standard InChI is InChI=1S/C16H23N3O2/c1-16(8-9-20,12-21-2)17-11-14-10-15(19-18-14)13-6-4-3-5-7-13/h3-7,10,17,20H,8-9,11-12H2,1-2H3,(H,18,19). The molecule has 0 spiro atoms. The lowest BCUT2D eigenvalue weighted by Gasteiger charge is -2.29. The fraction of sp³-hybridized carbons (Fsp3) is 0.438. The van der Waals surface area contributed by atoms with Crippen LogP contribution < -0.4 is 5.32 Å². The van der Waals surface area contributed by atoms with E-state index >= 15 is 0 Å². The zero-order valence-corrected chi connectivity index (χ0v) is 12.6. The van der Waals surface area contributed by atoms with Crippen LogP contribution in [-0.2, 0) is 11.3 Å². The lowest BCUT2D eigenvalue weighted by Crippen LogP contribution is -2.46. The van der Waals surface area contributed by atoms with Crippen LogP contribution in [0.2, 0.25) is 0 Å². The average Bonchev–Trinajstić information content (AvgIpc) is 2.96. The van der Waals surface area contributed by atoms with Crippen molar-refractivity contribution >= 4 is 0 Å². The topological polar surface area (TPSA) is 70.2 Å². The summed E-state index contributed by atoms with van der Waals surface area (Å²) < 4.78 is 5.22. The van der Waals surface area contributed by atoms with E-state index in [9.17, 15) is 0 Å². The number of aliphatic hydroxyl groups is 1. The van der Waals surface area contributed by atoms with Crippen molar-refractivity contribution in [3.05, 3.63) is 42.1 Å². The van der Waals surface area contributed by atoms with E-state index in [2.05, 4.69) is 15.5 Å². The Morgan fingerprint density at radius 2 is 2.10 bits per heavy atom. The maximum absolute atomic E-state index is 9.16. The Labute approximate surface area is 125 Å². The van der Waals surface area contributed by atoms with Crippen LogP contribution >= 0.6 is 0 Å². The van der Waals surface area contributed by atoms with Crippen molar-refractivity contribution in [2.24, 2.45) is 0 Å². The van der Waals surface area contributed by atoms with Crippen LogP contribution in [0.1, 0.15) is 19.0 Å². The van der Waals surface area contributed by atoms with Gasteiger partial charge in [0.05, 0.1) is 12.3 Å². The molecule has 0 amide bonds. The van der Waals surface area contributed by atoms with Gasteiger partial charge in [-0.2, -0.15) is 5.10 Å². The molecule has 1 heterocycles. The van der Waals surface area contributed by atoms with Crippen LogP contribution in [0.5, 0.6) is 0 Å². The highest BCUT2D eigenvalue weighted by molar-refractivity contribution is 5.58. The summed E-state index contributed by atoms with van der Waals surface area (Å²) >= 11 is 0. The Hall–Kier alpha value is -1.69. The van der Waals surface area contributed by atoms with Crippen molar-refractivity contribution in [2.75, 3.05) is 20.3 Å². The Morgan fingerprint density at radius 1 is 1.33 bits per heavy atom. The van der Waals surface area contributed by atoms with Crippen LogP contribution in [0.4, 0.5) is 0 Å². The highest BCUT2D eigenvalue weighted by Crippen LogP contribution is 2.17. The van der Waals surface area contributed by atoms with Crippen LogP contribution in [0.25, 0.3) is 11.3 Å². The van der Waals surface area contributed by atoms with Gasteiger partial charge in [0.2, 0.25) is 0 Å². The van der Waals surface area contributed by atoms with Crippen molar-refractivity contribution in [2.45, 2.75) is 25.4 Å². The zero-order chi connectivity index (χ0) is 15.1. The number of H-pyrrole nitrogens is 1. The smallest absolute Gasteiger partial charge is 0.0924 e. The number of nitrogens with zero attached hydrogens (tertiary/aromatic N) is 1.